The van der Waals surface area contributed by atoms with Gasteiger partial charge in [0.1, 0.15) is 19.3 Å². The third-order valence-electron chi connectivity index (χ3n) is 13.9. The topological polar surface area (TPSA) is 237 Å². The van der Waals surface area contributed by atoms with Gasteiger partial charge in [0.25, 0.3) is 0 Å². The number of phosphoric acid groups is 2. The number of aliphatic hydroxyl groups excluding tert-OH is 1. The average molecular weight is 1190 g/mol. The number of hydrogen-bond acceptors (Lipinski definition) is 15. The Balaban J connectivity index is 5.19. The van der Waals surface area contributed by atoms with Crippen molar-refractivity contribution in [1.82, 2.24) is 0 Å². The van der Waals surface area contributed by atoms with Crippen LogP contribution in [0.1, 0.15) is 292 Å². The molecule has 0 aliphatic rings. The number of carbonyl (C=O) groups is 4. The van der Waals surface area contributed by atoms with Crippen molar-refractivity contribution in [2.75, 3.05) is 39.6 Å². The van der Waals surface area contributed by atoms with Gasteiger partial charge >= 0.3 is 39.5 Å². The van der Waals surface area contributed by atoms with Crippen LogP contribution >= 0.6 is 15.6 Å². The first-order valence-electron chi connectivity index (χ1n) is 31.8. The van der Waals surface area contributed by atoms with E-state index < -0.39 is 97.5 Å². The number of unbranched alkanes of at least 4 members (excludes halogenated alkanes) is 27. The van der Waals surface area contributed by atoms with Crippen molar-refractivity contribution >= 4 is 39.5 Å². The maximum absolute atomic E-state index is 12.9. The number of esters is 4. The molecule has 80 heavy (non-hydrogen) atoms. The predicted octanol–water partition coefficient (Wildman–Crippen LogP) is 16.3. The van der Waals surface area contributed by atoms with E-state index in [0.29, 0.717) is 31.6 Å². The number of hydrogen-bond donors (Lipinski definition) is 3. The molecule has 5 atom stereocenters. The second-order valence-corrected chi connectivity index (χ2v) is 26.4. The van der Waals surface area contributed by atoms with E-state index in [1.807, 2.05) is 0 Å². The first-order chi connectivity index (χ1) is 38.2. The summed E-state index contributed by atoms with van der Waals surface area (Å²) in [4.78, 5) is 71.8. The summed E-state index contributed by atoms with van der Waals surface area (Å²) in [5, 5.41) is 10.5. The van der Waals surface area contributed by atoms with Gasteiger partial charge in [-0.2, -0.15) is 0 Å². The minimum absolute atomic E-state index is 0.102. The Hall–Kier alpha value is -1.94. The zero-order chi connectivity index (χ0) is 59.5. The van der Waals surface area contributed by atoms with Gasteiger partial charge in [0.05, 0.1) is 26.4 Å². The molecule has 0 aliphatic heterocycles. The van der Waals surface area contributed by atoms with E-state index in [4.69, 9.17) is 37.0 Å². The number of aliphatic hydroxyl groups is 1. The lowest BCUT2D eigenvalue weighted by Gasteiger charge is -2.21. The van der Waals surface area contributed by atoms with E-state index in [0.717, 1.165) is 108 Å². The van der Waals surface area contributed by atoms with Crippen molar-refractivity contribution < 1.29 is 80.2 Å². The van der Waals surface area contributed by atoms with Crippen LogP contribution in [-0.2, 0) is 65.4 Å². The van der Waals surface area contributed by atoms with Crippen molar-refractivity contribution in [2.24, 2.45) is 17.8 Å². The number of phosphoric ester groups is 2. The van der Waals surface area contributed by atoms with Crippen LogP contribution in [0.4, 0.5) is 0 Å². The van der Waals surface area contributed by atoms with E-state index in [9.17, 15) is 43.2 Å². The van der Waals surface area contributed by atoms with Gasteiger partial charge in [-0.05, 0) is 43.4 Å². The van der Waals surface area contributed by atoms with Crippen LogP contribution in [0.25, 0.3) is 0 Å². The molecule has 0 aliphatic carbocycles. The van der Waals surface area contributed by atoms with Gasteiger partial charge in [0.2, 0.25) is 0 Å². The lowest BCUT2D eigenvalue weighted by Crippen LogP contribution is -2.30. The van der Waals surface area contributed by atoms with Crippen LogP contribution in [0.2, 0.25) is 0 Å². The monoisotopic (exact) mass is 1180 g/mol. The number of rotatable bonds is 59. The minimum atomic E-state index is -4.94. The molecule has 474 valence electrons. The lowest BCUT2D eigenvalue weighted by molar-refractivity contribution is -0.161. The van der Waals surface area contributed by atoms with E-state index in [2.05, 4.69) is 48.5 Å². The van der Waals surface area contributed by atoms with Gasteiger partial charge < -0.3 is 33.8 Å². The molecule has 0 saturated carbocycles. The number of carbonyl (C=O) groups excluding carboxylic acids is 4. The van der Waals surface area contributed by atoms with Gasteiger partial charge in [-0.25, -0.2) is 9.13 Å². The smallest absolute Gasteiger partial charge is 0.462 e. The largest absolute Gasteiger partial charge is 0.472 e. The normalized spacial score (nSPS) is 14.5. The predicted molar refractivity (Wildman–Crippen MR) is 317 cm³/mol. The van der Waals surface area contributed by atoms with Gasteiger partial charge in [-0.3, -0.25) is 37.3 Å². The van der Waals surface area contributed by atoms with Crippen molar-refractivity contribution in [3.8, 4) is 0 Å². The zero-order valence-corrected chi connectivity index (χ0v) is 53.3. The Labute approximate surface area is 486 Å². The van der Waals surface area contributed by atoms with Crippen LogP contribution < -0.4 is 0 Å². The van der Waals surface area contributed by atoms with Gasteiger partial charge in [-0.15, -0.1) is 0 Å². The van der Waals surface area contributed by atoms with Crippen molar-refractivity contribution in [3.05, 3.63) is 0 Å². The standard InChI is InChI=1S/C61H118O17P2/c1-8-9-10-25-35-42-58(63)71-48-56(77-61(66)45-38-31-24-18-21-28-34-41-54(6)7)50-75-79(67,68)73-46-55(62)47-74-80(69,70)76-51-57(49-72-59(64)43-36-29-22-17-13-15-20-27-33-40-53(4)5)78-60(65)44-37-30-23-16-12-11-14-19-26-32-39-52(2)3/h52-57,62H,8-51H2,1-7H3,(H,67,68)(H,69,70)/t55-,56+,57+/m0/s1. The summed E-state index contributed by atoms with van der Waals surface area (Å²) in [6.07, 6.45) is 32.5. The van der Waals surface area contributed by atoms with E-state index >= 15 is 0 Å². The molecule has 0 radical (unpaired) electrons. The third-order valence-corrected chi connectivity index (χ3v) is 15.8. The van der Waals surface area contributed by atoms with Crippen LogP contribution in [0, 0.1) is 17.8 Å². The lowest BCUT2D eigenvalue weighted by atomic mass is 10.0. The summed E-state index contributed by atoms with van der Waals surface area (Å²) in [6.45, 7) is 11.6. The van der Waals surface area contributed by atoms with Crippen LogP contribution in [0.3, 0.4) is 0 Å². The maximum atomic E-state index is 12.9. The molecule has 0 aromatic heterocycles. The Morgan fingerprint density at radius 3 is 0.850 bits per heavy atom. The number of ether oxygens (including phenoxy) is 4. The minimum Gasteiger partial charge on any atom is -0.462 e. The highest BCUT2D eigenvalue weighted by Gasteiger charge is 2.30. The van der Waals surface area contributed by atoms with E-state index in [1.54, 1.807) is 0 Å². The second-order valence-electron chi connectivity index (χ2n) is 23.5. The highest BCUT2D eigenvalue weighted by Crippen LogP contribution is 2.45. The zero-order valence-electron chi connectivity index (χ0n) is 51.5. The fourth-order valence-corrected chi connectivity index (χ4v) is 10.5. The molecule has 0 amide bonds. The SMILES string of the molecule is CCCCCCCC(=O)OC[C@H](COP(=O)(O)OC[C@H](O)COP(=O)(O)OC[C@@H](COC(=O)CCCCCCCCCCCC(C)C)OC(=O)CCCCCCCCCCCCC(C)C)OC(=O)CCCCCCCCCC(C)C. The average Bonchev–Trinajstić information content (AvgIpc) is 3.40. The molecule has 0 saturated heterocycles. The van der Waals surface area contributed by atoms with Crippen molar-refractivity contribution in [2.45, 2.75) is 311 Å². The van der Waals surface area contributed by atoms with Crippen LogP contribution in [-0.4, -0.2) is 96.7 Å². The first kappa shape index (κ1) is 78.1. The molecule has 19 heteroatoms. The Bertz CT molecular complexity index is 1600. The molecule has 17 nitrogen and oxygen atoms in total. The molecule has 0 heterocycles. The van der Waals surface area contributed by atoms with Crippen LogP contribution in [0.5, 0.6) is 0 Å². The molecule has 0 aromatic carbocycles. The maximum Gasteiger partial charge on any atom is 0.472 e. The quantitative estimate of drug-likeness (QED) is 0.0222. The molecule has 0 fully saturated rings. The highest BCUT2D eigenvalue weighted by molar-refractivity contribution is 7.47. The first-order valence-corrected chi connectivity index (χ1v) is 34.8. The molecular weight excluding hydrogens is 1070 g/mol. The van der Waals surface area contributed by atoms with E-state index in [-0.39, 0.29) is 25.7 Å². The fourth-order valence-electron chi connectivity index (χ4n) is 8.95. The molecule has 0 rings (SSSR count). The molecule has 0 spiro atoms. The summed E-state index contributed by atoms with van der Waals surface area (Å²) < 4.78 is 67.7. The molecule has 3 N–H and O–H groups in total. The third kappa shape index (κ3) is 55.3. The van der Waals surface area contributed by atoms with Gasteiger partial charge in [-0.1, -0.05) is 241 Å². The Morgan fingerprint density at radius 1 is 0.338 bits per heavy atom. The Kier molecular flexibility index (Phi) is 51.3. The molecule has 2 unspecified atom stereocenters. The van der Waals surface area contributed by atoms with E-state index in [1.165, 1.54) is 96.3 Å². The van der Waals surface area contributed by atoms with Crippen molar-refractivity contribution in [1.29, 1.82) is 0 Å². The second kappa shape index (κ2) is 52.6. The molecular formula is C61H118O17P2. The van der Waals surface area contributed by atoms with Gasteiger partial charge in [0.15, 0.2) is 12.2 Å². The Morgan fingerprint density at radius 2 is 0.575 bits per heavy atom. The molecule has 0 bridgehead atoms. The van der Waals surface area contributed by atoms with Crippen molar-refractivity contribution in [3.63, 3.8) is 0 Å². The molecule has 0 aromatic rings. The summed E-state index contributed by atoms with van der Waals surface area (Å²) in [7, 11) is -9.87. The summed E-state index contributed by atoms with van der Waals surface area (Å²) in [5.74, 6) is 0.0396. The fraction of sp³-hybridized carbons (Fsp3) is 0.934. The summed E-state index contributed by atoms with van der Waals surface area (Å²) >= 11 is 0. The van der Waals surface area contributed by atoms with Crippen LogP contribution in [0.15, 0.2) is 0 Å². The van der Waals surface area contributed by atoms with Gasteiger partial charge in [0, 0.05) is 25.7 Å². The summed E-state index contributed by atoms with van der Waals surface area (Å²) in [5.41, 5.74) is 0. The summed E-state index contributed by atoms with van der Waals surface area (Å²) in [6, 6.07) is 0. The highest BCUT2D eigenvalue weighted by atomic mass is 31.2.